The third kappa shape index (κ3) is 21.9. The van der Waals surface area contributed by atoms with Gasteiger partial charge in [0.25, 0.3) is 11.8 Å². The number of aliphatic hydroxyl groups excluding tert-OH is 8. The molecule has 1 radical (unpaired) electrons. The Morgan fingerprint density at radius 2 is 1.49 bits per heavy atom. The van der Waals surface area contributed by atoms with Crippen LogP contribution in [0.3, 0.4) is 0 Å². The molecule has 4 aromatic rings. The number of hydrogen-bond acceptors (Lipinski definition) is 34. The number of nitrogens with one attached hydrogen (secondary N) is 10. The van der Waals surface area contributed by atoms with Gasteiger partial charge in [0.1, 0.15) is 100 Å². The molecule has 5 amide bonds. The van der Waals surface area contributed by atoms with Gasteiger partial charge in [0, 0.05) is 54.8 Å². The van der Waals surface area contributed by atoms with Gasteiger partial charge in [-0.05, 0) is 49.9 Å². The number of rotatable bonds is 35. The van der Waals surface area contributed by atoms with Crippen molar-refractivity contribution < 1.29 is 121 Å². The van der Waals surface area contributed by atoms with Gasteiger partial charge < -0.3 is 139 Å². The van der Waals surface area contributed by atoms with Crippen molar-refractivity contribution in [2.45, 2.75) is 157 Å². The molecule has 541 valence electrons. The van der Waals surface area contributed by atoms with E-state index in [1.165, 1.54) is 50.4 Å². The summed E-state index contributed by atoms with van der Waals surface area (Å²) in [6.45, 7) is 2.98. The molecular formula is C55H81CuN17O21S3. The topological polar surface area (TPSA) is 639 Å². The molecule has 2 aliphatic heterocycles. The number of aromatic nitrogens is 6. The predicted octanol–water partition coefficient (Wildman–Crippen LogP) is -8.79. The van der Waals surface area contributed by atoms with E-state index < -0.39 is 195 Å². The van der Waals surface area contributed by atoms with E-state index in [0.717, 1.165) is 24.7 Å². The summed E-state index contributed by atoms with van der Waals surface area (Å²) in [4.78, 5) is 94.4. The van der Waals surface area contributed by atoms with Crippen LogP contribution in [0.1, 0.15) is 88.8 Å². The van der Waals surface area contributed by atoms with Gasteiger partial charge in [-0.1, -0.05) is 6.92 Å². The molecule has 0 aromatic carbocycles. The van der Waals surface area contributed by atoms with Gasteiger partial charge in [-0.25, -0.2) is 24.9 Å². The second-order valence-corrected chi connectivity index (χ2v) is 26.9. The minimum Gasteiger partial charge on any atom is -0.862 e. The number of aliphatic hydroxyl groups is 8. The van der Waals surface area contributed by atoms with Crippen molar-refractivity contribution in [1.29, 1.82) is 16.2 Å². The number of carbonyl (C=O) groups is 5. The molecule has 97 heavy (non-hydrogen) atoms. The maximum absolute atomic E-state index is 15.2. The van der Waals surface area contributed by atoms with Crippen LogP contribution in [0.15, 0.2) is 23.3 Å². The van der Waals surface area contributed by atoms with Crippen LogP contribution in [0.2, 0.25) is 0 Å². The van der Waals surface area contributed by atoms with E-state index in [4.69, 9.17) is 51.4 Å². The van der Waals surface area contributed by atoms with Crippen LogP contribution in [-0.2, 0) is 72.5 Å². The first-order valence-corrected chi connectivity index (χ1v) is 33.7. The van der Waals surface area contributed by atoms with E-state index in [1.807, 2.05) is 0 Å². The van der Waals surface area contributed by atoms with Crippen molar-refractivity contribution >= 4 is 86.8 Å². The summed E-state index contributed by atoms with van der Waals surface area (Å²) in [6, 6.07) is -8.12. The molecule has 6 heterocycles. The smallest absolute Gasteiger partial charge is 0.862 e. The fraction of sp³-hybridized carbons (Fsp3) is 0.618. The summed E-state index contributed by atoms with van der Waals surface area (Å²) >= 11 is 2.52. The minimum atomic E-state index is -2.22. The number of nitrogens with zero attached hydrogens (tertiary/aromatic N) is 5. The van der Waals surface area contributed by atoms with Crippen LogP contribution in [0.5, 0.6) is 0 Å². The van der Waals surface area contributed by atoms with Gasteiger partial charge in [0.2, 0.25) is 17.7 Å². The number of amides is 5. The summed E-state index contributed by atoms with van der Waals surface area (Å²) in [7, 11) is 0.251. The van der Waals surface area contributed by atoms with E-state index in [1.54, 1.807) is 10.8 Å². The molecule has 19 unspecified atom stereocenters. The van der Waals surface area contributed by atoms with E-state index in [0.29, 0.717) is 22.3 Å². The number of carbonyl (C=O) groups excluding carboxylic acids is 5. The molecule has 42 heteroatoms. The molecule has 22 N–H and O–H groups in total. The maximum Gasteiger partial charge on any atom is 2.00 e. The Bertz CT molecular complexity index is 3290. The van der Waals surface area contributed by atoms with Crippen molar-refractivity contribution in [3.63, 3.8) is 0 Å². The Kier molecular flexibility index (Phi) is 31.2. The molecule has 0 spiro atoms. The van der Waals surface area contributed by atoms with Crippen LogP contribution in [0.25, 0.3) is 10.7 Å². The number of ether oxygens (including phenoxy) is 5. The first kappa shape index (κ1) is 80.9. The standard InChI is InChI=1S/C55H83N17O21S3.Cu/c1-20-33(69-46(72-44(20)58)25(12-31(57)76)64-13-24(56)45(59)82)50(86)71-35(41(26-14-61-19-65-26)91-54-43(39(80)37(78)29(15-73)90-54)92-53-40(81)42(93-55(60)88)38(79)30(16-74)89-53)51(87)66-22(3)36(77)21(2)47(83)70-34(23(4)75)49(85)63-10-8-32-67-28(18-94-32)52-68-27(17-95-52)48(84)62-9-7-11-96(5)6;/h14,17-19,21-25,29-30,34-43,53-54,64,73-75,77-81H,7-13,15-16,56H2,1-6H3,(H13-,57,58,59,60,61,62,63,65,66,69,70,71,72,76,82,83,84,85,86,87,88);/q;+2/p-2. The number of imidazole rings is 1. The number of nitrogens with two attached hydrogens (primary N) is 2. The summed E-state index contributed by atoms with van der Waals surface area (Å²) in [5.74, 6) is -8.41. The molecule has 0 bridgehead atoms. The van der Waals surface area contributed by atoms with E-state index in [2.05, 4.69) is 74.3 Å². The zero-order chi connectivity index (χ0) is 71.0. The number of hydrogen-bond donors (Lipinski definition) is 20. The molecular weight excluding hydrogens is 1390 g/mol. The molecule has 0 saturated carbocycles. The Morgan fingerprint density at radius 1 is 0.814 bits per heavy atom. The molecule has 2 fully saturated rings. The molecule has 2 aliphatic rings. The molecule has 19 atom stereocenters. The number of aromatic amines is 1. The fourth-order valence-electron chi connectivity index (χ4n) is 9.76. The maximum atomic E-state index is 15.2. The fourth-order valence-corrected chi connectivity index (χ4v) is 12.1. The minimum absolute atomic E-state index is 0. The van der Waals surface area contributed by atoms with E-state index >= 15 is 4.79 Å². The zero-order valence-corrected chi connectivity index (χ0v) is 56.3. The molecule has 6 rings (SSSR count). The average molecular weight is 1480 g/mol. The third-order valence-corrected chi connectivity index (χ3v) is 18.1. The Balaban J connectivity index is 0.0000170. The SMILES string of the molecule is Cc1c(N)nc(C(CC(=N)[O-])NCC(N)C(=N)[O-])nc1C(=O)NC(C(=O)NC(C)C(O)C(C)C(=O)NC(C(=O)NCCc1nc(-c2nc(C(=O)NCCC[S+](C)C)cs2)cs1)C(C)O)C(OC1OC(CO)C(O)C(O)C1OC1OC(CO)C(O)C(OC(=N)[O-])C1O)c1cnc[nH]1.[Cu+2]. The van der Waals surface area contributed by atoms with Crippen molar-refractivity contribution in [2.24, 2.45) is 11.7 Å². The first-order chi connectivity index (χ1) is 45.3. The quantitative estimate of drug-likeness (QED) is 0.00669. The molecule has 0 aliphatic carbocycles. The van der Waals surface area contributed by atoms with Crippen LogP contribution in [-0.4, -0.2) is 267 Å². The summed E-state index contributed by atoms with van der Waals surface area (Å²) in [5, 5.41) is 166. The van der Waals surface area contributed by atoms with Gasteiger partial charge in [-0.3, -0.25) is 29.4 Å². The molecule has 38 nitrogen and oxygen atoms in total. The number of anilines is 1. The molecule has 2 saturated heterocycles. The number of thiazole rings is 2. The van der Waals surface area contributed by atoms with E-state index in [9.17, 15) is 75.3 Å². The first-order valence-electron chi connectivity index (χ1n) is 29.7. The van der Waals surface area contributed by atoms with Crippen LogP contribution >= 0.6 is 22.7 Å². The van der Waals surface area contributed by atoms with Gasteiger partial charge in [0.15, 0.2) is 12.6 Å². The van der Waals surface area contributed by atoms with Gasteiger partial charge in [-0.2, -0.15) is 0 Å². The average Bonchev–Trinajstić information content (AvgIpc) is 1.16. The van der Waals surface area contributed by atoms with Crippen LogP contribution in [0.4, 0.5) is 5.82 Å². The van der Waals surface area contributed by atoms with Crippen LogP contribution < -0.4 is 58.7 Å². The second kappa shape index (κ2) is 37.4. The van der Waals surface area contributed by atoms with Gasteiger partial charge in [0.05, 0.1) is 91.4 Å². The third-order valence-electron chi connectivity index (χ3n) is 15.2. The van der Waals surface area contributed by atoms with Gasteiger partial charge >= 0.3 is 17.1 Å². The largest absolute Gasteiger partial charge is 2.00 e. The van der Waals surface area contributed by atoms with Crippen molar-refractivity contribution in [3.8, 4) is 10.7 Å². The predicted molar refractivity (Wildman–Crippen MR) is 334 cm³/mol. The summed E-state index contributed by atoms with van der Waals surface area (Å²) in [6.07, 6.45) is -20.8. The monoisotopic (exact) mass is 1470 g/mol. The van der Waals surface area contributed by atoms with Crippen molar-refractivity contribution in [3.05, 3.63) is 56.8 Å². The van der Waals surface area contributed by atoms with Crippen molar-refractivity contribution in [1.82, 2.24) is 61.8 Å². The normalized spacial score (nSPS) is 23.8. The Morgan fingerprint density at radius 3 is 2.11 bits per heavy atom. The van der Waals surface area contributed by atoms with Crippen molar-refractivity contribution in [2.75, 3.05) is 56.8 Å². The summed E-state index contributed by atoms with van der Waals surface area (Å²) < 4.78 is 28.5. The summed E-state index contributed by atoms with van der Waals surface area (Å²) in [5.41, 5.74) is 11.8. The molecule has 4 aromatic heterocycles. The van der Waals surface area contributed by atoms with Gasteiger partial charge in [-0.15, -0.1) is 22.7 Å². The zero-order valence-electron chi connectivity index (χ0n) is 52.9. The number of nitrogen functional groups attached to an aromatic ring is 1. The van der Waals surface area contributed by atoms with Crippen LogP contribution in [0, 0.1) is 29.1 Å². The second-order valence-electron chi connectivity index (χ2n) is 22.7. The Labute approximate surface area is 575 Å². The van der Waals surface area contributed by atoms with E-state index in [-0.39, 0.29) is 69.6 Å². The Hall–Kier alpha value is -6.78. The number of H-pyrrole nitrogens is 1.